The number of hydrogen-bond donors (Lipinski definition) is 3. The molecule has 1 atom stereocenters. The molecule has 17 heavy (non-hydrogen) atoms. The summed E-state index contributed by atoms with van der Waals surface area (Å²) in [6.07, 6.45) is 3.03. The van der Waals surface area contributed by atoms with Crippen LogP contribution in [-0.2, 0) is 14.8 Å². The van der Waals surface area contributed by atoms with Crippen LogP contribution in [0.2, 0.25) is 0 Å². The summed E-state index contributed by atoms with van der Waals surface area (Å²) in [5, 5.41) is 5.86. The van der Waals surface area contributed by atoms with Crippen molar-refractivity contribution in [1.29, 1.82) is 0 Å². The molecule has 1 aliphatic heterocycles. The van der Waals surface area contributed by atoms with Gasteiger partial charge >= 0.3 is 0 Å². The first-order valence-corrected chi connectivity index (χ1v) is 7.69. The van der Waals surface area contributed by atoms with E-state index < -0.39 is 10.0 Å². The Balaban J connectivity index is 2.15. The van der Waals surface area contributed by atoms with Crippen LogP contribution in [0.4, 0.5) is 0 Å². The molecule has 0 aromatic rings. The average molecular weight is 263 g/mol. The number of sulfonamides is 1. The second-order valence-electron chi connectivity index (χ2n) is 4.09. The Labute approximate surface area is 103 Å². The number of piperidine rings is 1. The van der Waals surface area contributed by atoms with Gasteiger partial charge in [0, 0.05) is 13.1 Å². The third kappa shape index (κ3) is 5.47. The highest BCUT2D eigenvalue weighted by molar-refractivity contribution is 7.89. The Morgan fingerprint density at radius 2 is 2.12 bits per heavy atom. The maximum absolute atomic E-state index is 11.6. The Morgan fingerprint density at radius 3 is 2.71 bits per heavy atom. The summed E-state index contributed by atoms with van der Waals surface area (Å²) < 4.78 is 24.6. The van der Waals surface area contributed by atoms with Gasteiger partial charge in [0.25, 0.3) is 0 Å². The SMILES string of the molecule is CCS(=O)(=O)NCCNC(=O)C1CCCCN1. The van der Waals surface area contributed by atoms with Gasteiger partial charge < -0.3 is 10.6 Å². The molecule has 0 aromatic carbocycles. The third-order valence-electron chi connectivity index (χ3n) is 2.75. The van der Waals surface area contributed by atoms with Crippen LogP contribution in [0, 0.1) is 0 Å². The van der Waals surface area contributed by atoms with Gasteiger partial charge in [-0.3, -0.25) is 4.79 Å². The lowest BCUT2D eigenvalue weighted by atomic mass is 10.0. The van der Waals surface area contributed by atoms with E-state index in [4.69, 9.17) is 0 Å². The van der Waals surface area contributed by atoms with E-state index in [1.54, 1.807) is 6.92 Å². The fraction of sp³-hybridized carbons (Fsp3) is 0.900. The Hall–Kier alpha value is -0.660. The maximum atomic E-state index is 11.6. The minimum atomic E-state index is -3.16. The number of hydrogen-bond acceptors (Lipinski definition) is 4. The van der Waals surface area contributed by atoms with Crippen molar-refractivity contribution in [3.63, 3.8) is 0 Å². The van der Waals surface area contributed by atoms with Gasteiger partial charge in [-0.05, 0) is 26.3 Å². The Kier molecular flexibility index (Phi) is 5.87. The molecule has 1 unspecified atom stereocenters. The van der Waals surface area contributed by atoms with Gasteiger partial charge in [0.05, 0.1) is 11.8 Å². The molecule has 0 radical (unpaired) electrons. The van der Waals surface area contributed by atoms with Crippen molar-refractivity contribution in [2.75, 3.05) is 25.4 Å². The molecule has 1 aliphatic rings. The number of carbonyl (C=O) groups excluding carboxylic acids is 1. The van der Waals surface area contributed by atoms with Crippen LogP contribution in [0.25, 0.3) is 0 Å². The van der Waals surface area contributed by atoms with Gasteiger partial charge in [0.2, 0.25) is 15.9 Å². The van der Waals surface area contributed by atoms with Crippen molar-refractivity contribution < 1.29 is 13.2 Å². The molecule has 1 rings (SSSR count). The van der Waals surface area contributed by atoms with Gasteiger partial charge in [-0.1, -0.05) is 6.42 Å². The first-order chi connectivity index (χ1) is 8.05. The van der Waals surface area contributed by atoms with Crippen molar-refractivity contribution in [2.24, 2.45) is 0 Å². The third-order valence-corrected chi connectivity index (χ3v) is 4.16. The van der Waals surface area contributed by atoms with Crippen molar-refractivity contribution in [3.8, 4) is 0 Å². The second kappa shape index (κ2) is 6.93. The van der Waals surface area contributed by atoms with Crippen LogP contribution >= 0.6 is 0 Å². The predicted molar refractivity (Wildman–Crippen MR) is 66.1 cm³/mol. The molecule has 0 saturated carbocycles. The van der Waals surface area contributed by atoms with E-state index in [-0.39, 0.29) is 24.2 Å². The van der Waals surface area contributed by atoms with Crippen LogP contribution in [0.5, 0.6) is 0 Å². The maximum Gasteiger partial charge on any atom is 0.237 e. The second-order valence-corrected chi connectivity index (χ2v) is 6.19. The standard InChI is InChI=1S/C10H21N3O3S/c1-2-17(15,16)13-8-7-12-10(14)9-5-3-4-6-11-9/h9,11,13H,2-8H2,1H3,(H,12,14). The molecule has 100 valence electrons. The fourth-order valence-corrected chi connectivity index (χ4v) is 2.31. The fourth-order valence-electron chi connectivity index (χ4n) is 1.69. The van der Waals surface area contributed by atoms with Crippen molar-refractivity contribution in [3.05, 3.63) is 0 Å². The normalized spacial score (nSPS) is 21.1. The molecular formula is C10H21N3O3S. The van der Waals surface area contributed by atoms with E-state index >= 15 is 0 Å². The zero-order chi connectivity index (χ0) is 12.7. The Morgan fingerprint density at radius 1 is 1.35 bits per heavy atom. The van der Waals surface area contributed by atoms with Gasteiger partial charge in [-0.25, -0.2) is 13.1 Å². The minimum Gasteiger partial charge on any atom is -0.353 e. The smallest absolute Gasteiger partial charge is 0.237 e. The molecule has 7 heteroatoms. The molecule has 1 fully saturated rings. The summed E-state index contributed by atoms with van der Waals surface area (Å²) in [6, 6.07) is -0.119. The first kappa shape index (κ1) is 14.4. The van der Waals surface area contributed by atoms with Crippen molar-refractivity contribution >= 4 is 15.9 Å². The van der Waals surface area contributed by atoms with Crippen LogP contribution in [0.15, 0.2) is 0 Å². The molecule has 6 nitrogen and oxygen atoms in total. The molecule has 0 spiro atoms. The van der Waals surface area contributed by atoms with E-state index in [0.717, 1.165) is 25.8 Å². The summed E-state index contributed by atoms with van der Waals surface area (Å²) in [7, 11) is -3.16. The van der Waals surface area contributed by atoms with E-state index in [1.807, 2.05) is 0 Å². The highest BCUT2D eigenvalue weighted by Gasteiger charge is 2.19. The highest BCUT2D eigenvalue weighted by Crippen LogP contribution is 2.06. The predicted octanol–water partition coefficient (Wildman–Crippen LogP) is -0.816. The van der Waals surface area contributed by atoms with E-state index in [2.05, 4.69) is 15.4 Å². The van der Waals surface area contributed by atoms with Crippen LogP contribution in [-0.4, -0.2) is 45.8 Å². The first-order valence-electron chi connectivity index (χ1n) is 6.03. The quantitative estimate of drug-likeness (QED) is 0.547. The molecule has 1 amide bonds. The number of rotatable bonds is 6. The van der Waals surface area contributed by atoms with E-state index in [0.29, 0.717) is 6.54 Å². The van der Waals surface area contributed by atoms with Crippen LogP contribution in [0.3, 0.4) is 0 Å². The van der Waals surface area contributed by atoms with Gasteiger partial charge in [-0.15, -0.1) is 0 Å². The lowest BCUT2D eigenvalue weighted by Gasteiger charge is -2.22. The van der Waals surface area contributed by atoms with E-state index in [1.165, 1.54) is 0 Å². The monoisotopic (exact) mass is 263 g/mol. The van der Waals surface area contributed by atoms with Crippen LogP contribution in [0.1, 0.15) is 26.2 Å². The van der Waals surface area contributed by atoms with Gasteiger partial charge in [0.1, 0.15) is 0 Å². The molecule has 1 heterocycles. The zero-order valence-electron chi connectivity index (χ0n) is 10.2. The summed E-state index contributed by atoms with van der Waals surface area (Å²) in [4.78, 5) is 11.6. The molecule has 0 bridgehead atoms. The molecule has 0 aromatic heterocycles. The molecule has 3 N–H and O–H groups in total. The molecular weight excluding hydrogens is 242 g/mol. The summed E-state index contributed by atoms with van der Waals surface area (Å²) in [6.45, 7) is 3.03. The number of amides is 1. The van der Waals surface area contributed by atoms with Gasteiger partial charge in [0.15, 0.2) is 0 Å². The topological polar surface area (TPSA) is 87.3 Å². The molecule has 1 saturated heterocycles. The summed E-state index contributed by atoms with van der Waals surface area (Å²) in [5.74, 6) is 0.0193. The lowest BCUT2D eigenvalue weighted by molar-refractivity contribution is -0.123. The largest absolute Gasteiger partial charge is 0.353 e. The number of nitrogens with one attached hydrogen (secondary N) is 3. The Bertz CT molecular complexity index is 337. The molecule has 0 aliphatic carbocycles. The summed E-state index contributed by atoms with van der Waals surface area (Å²) >= 11 is 0. The average Bonchev–Trinajstić information content (AvgIpc) is 2.35. The van der Waals surface area contributed by atoms with Crippen molar-refractivity contribution in [2.45, 2.75) is 32.2 Å². The number of carbonyl (C=O) groups is 1. The zero-order valence-corrected chi connectivity index (χ0v) is 11.0. The lowest BCUT2D eigenvalue weighted by Crippen LogP contribution is -2.48. The van der Waals surface area contributed by atoms with E-state index in [9.17, 15) is 13.2 Å². The van der Waals surface area contributed by atoms with Gasteiger partial charge in [-0.2, -0.15) is 0 Å². The highest BCUT2D eigenvalue weighted by atomic mass is 32.2. The minimum absolute atomic E-state index is 0.0413. The van der Waals surface area contributed by atoms with Crippen molar-refractivity contribution in [1.82, 2.24) is 15.4 Å². The van der Waals surface area contributed by atoms with Crippen LogP contribution < -0.4 is 15.4 Å². The summed E-state index contributed by atoms with van der Waals surface area (Å²) in [5.41, 5.74) is 0.